The number of amides is 1. The lowest BCUT2D eigenvalue weighted by molar-refractivity contribution is 0.0340. The molecule has 24 heavy (non-hydrogen) atoms. The van der Waals surface area contributed by atoms with Crippen LogP contribution in [0.5, 0.6) is 0 Å². The molecule has 3 rings (SSSR count). The van der Waals surface area contributed by atoms with E-state index in [0.29, 0.717) is 12.1 Å². The molecule has 2 aromatic rings. The van der Waals surface area contributed by atoms with Crippen molar-refractivity contribution in [2.24, 2.45) is 0 Å². The van der Waals surface area contributed by atoms with E-state index in [1.54, 1.807) is 0 Å². The molecular weight excluding hydrogens is 300 g/mol. The van der Waals surface area contributed by atoms with Crippen molar-refractivity contribution in [3.05, 3.63) is 70.8 Å². The standard InChI is InChI=1S/C20H24N2O2/c1-16-6-8-17(9-7-16)20(23)21-14-18-4-2-3-5-19(18)15-22-10-12-24-13-11-22/h2-9H,10-15H2,1H3,(H,21,23). The zero-order chi connectivity index (χ0) is 16.8. The molecule has 2 aromatic carbocycles. The number of hydrogen-bond donors (Lipinski definition) is 1. The van der Waals surface area contributed by atoms with Gasteiger partial charge in [0, 0.05) is 31.7 Å². The molecule has 126 valence electrons. The molecule has 4 heteroatoms. The highest BCUT2D eigenvalue weighted by molar-refractivity contribution is 5.94. The summed E-state index contributed by atoms with van der Waals surface area (Å²) in [5.41, 5.74) is 4.29. The molecule has 1 aliphatic heterocycles. The Morgan fingerprint density at radius 2 is 1.71 bits per heavy atom. The molecule has 1 heterocycles. The smallest absolute Gasteiger partial charge is 0.251 e. The maximum atomic E-state index is 12.3. The number of nitrogens with one attached hydrogen (secondary N) is 1. The lowest BCUT2D eigenvalue weighted by atomic mass is 10.1. The van der Waals surface area contributed by atoms with Gasteiger partial charge in [-0.05, 0) is 30.2 Å². The number of nitrogens with zero attached hydrogens (tertiary/aromatic N) is 1. The van der Waals surface area contributed by atoms with Gasteiger partial charge in [-0.15, -0.1) is 0 Å². The summed E-state index contributed by atoms with van der Waals surface area (Å²) in [4.78, 5) is 14.7. The second-order valence-electron chi connectivity index (χ2n) is 6.21. The lowest BCUT2D eigenvalue weighted by Gasteiger charge is -2.27. The summed E-state index contributed by atoms with van der Waals surface area (Å²) in [5.74, 6) is -0.0313. The number of morpholine rings is 1. The van der Waals surface area contributed by atoms with Crippen molar-refractivity contribution < 1.29 is 9.53 Å². The van der Waals surface area contributed by atoms with E-state index in [-0.39, 0.29) is 5.91 Å². The molecule has 1 amide bonds. The zero-order valence-corrected chi connectivity index (χ0v) is 14.1. The highest BCUT2D eigenvalue weighted by Crippen LogP contribution is 2.13. The molecule has 0 aliphatic carbocycles. The molecule has 0 bridgehead atoms. The predicted molar refractivity (Wildman–Crippen MR) is 94.9 cm³/mol. The topological polar surface area (TPSA) is 41.6 Å². The molecule has 1 fully saturated rings. The minimum atomic E-state index is -0.0313. The fourth-order valence-electron chi connectivity index (χ4n) is 2.87. The summed E-state index contributed by atoms with van der Waals surface area (Å²) in [6.07, 6.45) is 0. The third kappa shape index (κ3) is 4.43. The quantitative estimate of drug-likeness (QED) is 0.919. The van der Waals surface area contributed by atoms with E-state index in [1.165, 1.54) is 11.1 Å². The van der Waals surface area contributed by atoms with Gasteiger partial charge in [-0.25, -0.2) is 0 Å². The molecular formula is C20H24N2O2. The van der Waals surface area contributed by atoms with E-state index < -0.39 is 0 Å². The zero-order valence-electron chi connectivity index (χ0n) is 14.1. The van der Waals surface area contributed by atoms with Gasteiger partial charge < -0.3 is 10.1 Å². The monoisotopic (exact) mass is 324 g/mol. The molecule has 0 saturated carbocycles. The van der Waals surface area contributed by atoms with Gasteiger partial charge in [-0.2, -0.15) is 0 Å². The first-order valence-corrected chi connectivity index (χ1v) is 8.44. The van der Waals surface area contributed by atoms with Gasteiger partial charge in [0.25, 0.3) is 5.91 Å². The van der Waals surface area contributed by atoms with Crippen LogP contribution in [0.3, 0.4) is 0 Å². The number of ether oxygens (including phenoxy) is 1. The Morgan fingerprint density at radius 1 is 1.04 bits per heavy atom. The Kier molecular flexibility index (Phi) is 5.62. The van der Waals surface area contributed by atoms with Crippen molar-refractivity contribution in [3.8, 4) is 0 Å². The Bertz CT molecular complexity index is 676. The second-order valence-corrected chi connectivity index (χ2v) is 6.21. The van der Waals surface area contributed by atoms with E-state index in [1.807, 2.05) is 37.3 Å². The summed E-state index contributed by atoms with van der Waals surface area (Å²) < 4.78 is 5.41. The SMILES string of the molecule is Cc1ccc(C(=O)NCc2ccccc2CN2CCOCC2)cc1. The van der Waals surface area contributed by atoms with Crippen LogP contribution in [0.15, 0.2) is 48.5 Å². The summed E-state index contributed by atoms with van der Waals surface area (Å²) in [6.45, 7) is 6.99. The first kappa shape index (κ1) is 16.7. The molecule has 0 unspecified atom stereocenters. The fourth-order valence-corrected chi connectivity index (χ4v) is 2.87. The van der Waals surface area contributed by atoms with Gasteiger partial charge >= 0.3 is 0 Å². The van der Waals surface area contributed by atoms with Crippen LogP contribution in [0.2, 0.25) is 0 Å². The Labute approximate surface area is 143 Å². The van der Waals surface area contributed by atoms with Gasteiger partial charge in [-0.1, -0.05) is 42.0 Å². The average Bonchev–Trinajstić information content (AvgIpc) is 2.62. The van der Waals surface area contributed by atoms with Gasteiger partial charge in [-0.3, -0.25) is 9.69 Å². The van der Waals surface area contributed by atoms with Crippen LogP contribution in [-0.2, 0) is 17.8 Å². The first-order valence-electron chi connectivity index (χ1n) is 8.44. The molecule has 0 spiro atoms. The third-order valence-electron chi connectivity index (χ3n) is 4.37. The highest BCUT2D eigenvalue weighted by Gasteiger charge is 2.13. The average molecular weight is 324 g/mol. The van der Waals surface area contributed by atoms with E-state index in [4.69, 9.17) is 4.74 Å². The third-order valence-corrected chi connectivity index (χ3v) is 4.37. The van der Waals surface area contributed by atoms with Crippen LogP contribution in [0.1, 0.15) is 27.0 Å². The van der Waals surface area contributed by atoms with Crippen molar-refractivity contribution in [2.45, 2.75) is 20.0 Å². The largest absolute Gasteiger partial charge is 0.379 e. The Balaban J connectivity index is 1.62. The molecule has 0 atom stereocenters. The van der Waals surface area contributed by atoms with Gasteiger partial charge in [0.15, 0.2) is 0 Å². The molecule has 1 saturated heterocycles. The Morgan fingerprint density at radius 3 is 2.42 bits per heavy atom. The van der Waals surface area contributed by atoms with Crippen molar-refractivity contribution in [1.82, 2.24) is 10.2 Å². The predicted octanol–water partition coefficient (Wildman–Crippen LogP) is 2.76. The number of carbonyl (C=O) groups is 1. The van der Waals surface area contributed by atoms with Crippen LogP contribution in [-0.4, -0.2) is 37.1 Å². The van der Waals surface area contributed by atoms with Crippen LogP contribution in [0, 0.1) is 6.92 Å². The van der Waals surface area contributed by atoms with Crippen molar-refractivity contribution in [2.75, 3.05) is 26.3 Å². The van der Waals surface area contributed by atoms with E-state index in [9.17, 15) is 4.79 Å². The minimum Gasteiger partial charge on any atom is -0.379 e. The normalized spacial score (nSPS) is 15.2. The minimum absolute atomic E-state index is 0.0313. The van der Waals surface area contributed by atoms with Crippen LogP contribution in [0.25, 0.3) is 0 Å². The van der Waals surface area contributed by atoms with Crippen LogP contribution in [0.4, 0.5) is 0 Å². The maximum Gasteiger partial charge on any atom is 0.251 e. The number of rotatable bonds is 5. The van der Waals surface area contributed by atoms with Crippen LogP contribution < -0.4 is 5.32 Å². The number of carbonyl (C=O) groups excluding carboxylic acids is 1. The fraction of sp³-hybridized carbons (Fsp3) is 0.350. The van der Waals surface area contributed by atoms with Crippen molar-refractivity contribution in [1.29, 1.82) is 0 Å². The summed E-state index contributed by atoms with van der Waals surface area (Å²) in [5, 5.41) is 3.03. The first-order chi connectivity index (χ1) is 11.7. The summed E-state index contributed by atoms with van der Waals surface area (Å²) in [6, 6.07) is 16.0. The van der Waals surface area contributed by atoms with Gasteiger partial charge in [0.2, 0.25) is 0 Å². The molecule has 1 aliphatic rings. The number of aryl methyl sites for hydroxylation is 1. The lowest BCUT2D eigenvalue weighted by Crippen LogP contribution is -2.36. The number of hydrogen-bond acceptors (Lipinski definition) is 3. The Hall–Kier alpha value is -2.17. The second kappa shape index (κ2) is 8.08. The molecule has 4 nitrogen and oxygen atoms in total. The van der Waals surface area contributed by atoms with E-state index in [2.05, 4.69) is 28.4 Å². The van der Waals surface area contributed by atoms with E-state index >= 15 is 0 Å². The van der Waals surface area contributed by atoms with Crippen molar-refractivity contribution in [3.63, 3.8) is 0 Å². The van der Waals surface area contributed by atoms with Gasteiger partial charge in [0.1, 0.15) is 0 Å². The molecule has 0 radical (unpaired) electrons. The highest BCUT2D eigenvalue weighted by atomic mass is 16.5. The van der Waals surface area contributed by atoms with Crippen LogP contribution >= 0.6 is 0 Å². The molecule has 0 aromatic heterocycles. The summed E-state index contributed by atoms with van der Waals surface area (Å²) in [7, 11) is 0. The van der Waals surface area contributed by atoms with Crippen molar-refractivity contribution >= 4 is 5.91 Å². The van der Waals surface area contributed by atoms with E-state index in [0.717, 1.165) is 38.4 Å². The summed E-state index contributed by atoms with van der Waals surface area (Å²) >= 11 is 0. The van der Waals surface area contributed by atoms with Gasteiger partial charge in [0.05, 0.1) is 13.2 Å². The maximum absolute atomic E-state index is 12.3. The number of benzene rings is 2. The molecule has 1 N–H and O–H groups in total.